The van der Waals surface area contributed by atoms with Crippen LogP contribution in [-0.4, -0.2) is 23.3 Å². The number of hydrogen-bond acceptors (Lipinski definition) is 6. The lowest BCUT2D eigenvalue weighted by Crippen LogP contribution is -2.41. The molecule has 7 nitrogen and oxygen atoms in total. The second-order valence-electron chi connectivity index (χ2n) is 8.43. The first kappa shape index (κ1) is 22.6. The molecule has 0 radical (unpaired) electrons. The number of fused-ring (bicyclic) bond motifs is 1. The van der Waals surface area contributed by atoms with E-state index in [2.05, 4.69) is 21.4 Å². The van der Waals surface area contributed by atoms with E-state index in [-0.39, 0.29) is 17.7 Å². The summed E-state index contributed by atoms with van der Waals surface area (Å²) in [5, 5.41) is 16.2. The van der Waals surface area contributed by atoms with Crippen molar-refractivity contribution in [2.24, 2.45) is 5.10 Å². The van der Waals surface area contributed by atoms with Crippen molar-refractivity contribution in [1.82, 2.24) is 16.3 Å². The molecule has 1 heterocycles. The topological polar surface area (TPSA) is 95.0 Å². The number of carbonyl (C=O) groups excluding carboxylic acids is 1. The molecule has 1 aliphatic rings. The van der Waals surface area contributed by atoms with Crippen molar-refractivity contribution in [1.29, 1.82) is 0 Å². The number of amides is 1. The molecule has 176 valence electrons. The molecule has 1 fully saturated rings. The number of phenolic OH excluding ortho intramolecular Hbond substituents is 1. The largest absolute Gasteiger partial charge is 0.507 e. The van der Waals surface area contributed by atoms with Gasteiger partial charge in [-0.3, -0.25) is 4.79 Å². The minimum Gasteiger partial charge on any atom is -0.507 e. The maximum absolute atomic E-state index is 12.7. The van der Waals surface area contributed by atoms with Crippen LogP contribution in [0.4, 0.5) is 0 Å². The third-order valence-electron chi connectivity index (χ3n) is 6.04. The number of phenols is 1. The monoisotopic (exact) mass is 466 g/mol. The Morgan fingerprint density at radius 3 is 2.71 bits per heavy atom. The molecule has 2 atom stereocenters. The van der Waals surface area contributed by atoms with Crippen LogP contribution in [0.1, 0.15) is 29.2 Å². The third kappa shape index (κ3) is 5.32. The second-order valence-corrected chi connectivity index (χ2v) is 8.43. The molecule has 4 aromatic rings. The lowest BCUT2D eigenvalue weighted by atomic mass is 10.0. The number of rotatable bonds is 7. The summed E-state index contributed by atoms with van der Waals surface area (Å²) in [6, 6.07) is 28.6. The molecule has 4 aromatic carbocycles. The van der Waals surface area contributed by atoms with Crippen molar-refractivity contribution >= 4 is 22.9 Å². The standard InChI is InChI=1S/C28H26N4O3/c33-27-14-13-20-9-4-5-12-23(20)24(27)17-29-32-28(34)26-16-25(30-31-26)21-10-6-11-22(15-21)35-18-19-7-2-1-3-8-19/h1-15,17,25-26,30-31,33H,16,18H2,(H,32,34)/b29-17+. The Balaban J connectivity index is 1.19. The third-order valence-corrected chi connectivity index (χ3v) is 6.04. The average molecular weight is 467 g/mol. The maximum atomic E-state index is 12.7. The van der Waals surface area contributed by atoms with E-state index in [9.17, 15) is 9.90 Å². The zero-order valence-corrected chi connectivity index (χ0v) is 19.0. The fourth-order valence-electron chi connectivity index (χ4n) is 4.17. The highest BCUT2D eigenvalue weighted by atomic mass is 16.5. The van der Waals surface area contributed by atoms with E-state index in [1.165, 1.54) is 6.21 Å². The molecule has 5 rings (SSSR count). The van der Waals surface area contributed by atoms with Gasteiger partial charge in [0.2, 0.25) is 0 Å². The van der Waals surface area contributed by atoms with Gasteiger partial charge in [-0.2, -0.15) is 5.10 Å². The molecule has 0 spiro atoms. The van der Waals surface area contributed by atoms with Crippen LogP contribution in [-0.2, 0) is 11.4 Å². The Kier molecular flexibility index (Phi) is 6.70. The van der Waals surface area contributed by atoms with Crippen molar-refractivity contribution in [2.45, 2.75) is 25.1 Å². The normalized spacial score (nSPS) is 17.6. The number of aromatic hydroxyl groups is 1. The summed E-state index contributed by atoms with van der Waals surface area (Å²) in [5.41, 5.74) is 11.5. The molecule has 7 heteroatoms. The van der Waals surface area contributed by atoms with Gasteiger partial charge >= 0.3 is 0 Å². The Morgan fingerprint density at radius 2 is 1.83 bits per heavy atom. The van der Waals surface area contributed by atoms with Crippen molar-refractivity contribution in [3.05, 3.63) is 108 Å². The van der Waals surface area contributed by atoms with Gasteiger partial charge in [-0.25, -0.2) is 16.3 Å². The minimum absolute atomic E-state index is 0.0443. The number of nitrogens with zero attached hydrogens (tertiary/aromatic N) is 1. The summed E-state index contributed by atoms with van der Waals surface area (Å²) >= 11 is 0. The quantitative estimate of drug-likeness (QED) is 0.242. The minimum atomic E-state index is -0.452. The highest BCUT2D eigenvalue weighted by Gasteiger charge is 2.30. The van der Waals surface area contributed by atoms with E-state index in [1.54, 1.807) is 6.07 Å². The first-order valence-corrected chi connectivity index (χ1v) is 11.5. The van der Waals surface area contributed by atoms with Crippen LogP contribution in [0.25, 0.3) is 10.8 Å². The zero-order valence-electron chi connectivity index (χ0n) is 19.0. The Bertz CT molecular complexity index is 1360. The van der Waals surface area contributed by atoms with Crippen LogP contribution in [0.2, 0.25) is 0 Å². The number of hydrazone groups is 1. The van der Waals surface area contributed by atoms with Gasteiger partial charge < -0.3 is 9.84 Å². The van der Waals surface area contributed by atoms with Gasteiger partial charge in [-0.15, -0.1) is 0 Å². The number of carbonyl (C=O) groups is 1. The average Bonchev–Trinajstić information content (AvgIpc) is 3.40. The van der Waals surface area contributed by atoms with E-state index in [0.29, 0.717) is 18.6 Å². The molecule has 0 saturated carbocycles. The van der Waals surface area contributed by atoms with Gasteiger partial charge in [0.15, 0.2) is 0 Å². The summed E-state index contributed by atoms with van der Waals surface area (Å²) in [6.07, 6.45) is 2.03. The van der Waals surface area contributed by atoms with Crippen LogP contribution in [0.15, 0.2) is 96.1 Å². The fourth-order valence-corrected chi connectivity index (χ4v) is 4.17. The molecule has 1 amide bonds. The van der Waals surface area contributed by atoms with Crippen molar-refractivity contribution in [3.63, 3.8) is 0 Å². The van der Waals surface area contributed by atoms with E-state index in [4.69, 9.17) is 4.74 Å². The Morgan fingerprint density at radius 1 is 1.00 bits per heavy atom. The van der Waals surface area contributed by atoms with Crippen LogP contribution in [0.5, 0.6) is 11.5 Å². The smallest absolute Gasteiger partial charge is 0.258 e. The van der Waals surface area contributed by atoms with Crippen LogP contribution in [0.3, 0.4) is 0 Å². The van der Waals surface area contributed by atoms with Crippen LogP contribution >= 0.6 is 0 Å². The molecular weight excluding hydrogens is 440 g/mol. The molecule has 0 bridgehead atoms. The molecule has 1 saturated heterocycles. The number of hydrogen-bond donors (Lipinski definition) is 4. The first-order chi connectivity index (χ1) is 17.2. The molecule has 4 N–H and O–H groups in total. The predicted molar refractivity (Wildman–Crippen MR) is 136 cm³/mol. The van der Waals surface area contributed by atoms with Crippen molar-refractivity contribution in [2.75, 3.05) is 0 Å². The zero-order chi connectivity index (χ0) is 24.0. The highest BCUT2D eigenvalue weighted by Crippen LogP contribution is 2.27. The molecule has 0 aliphatic carbocycles. The molecular formula is C28H26N4O3. The summed E-state index contributed by atoms with van der Waals surface area (Å²) in [7, 11) is 0. The number of benzene rings is 4. The van der Waals surface area contributed by atoms with Gasteiger partial charge in [-0.1, -0.05) is 72.8 Å². The second kappa shape index (κ2) is 10.4. The van der Waals surface area contributed by atoms with E-state index < -0.39 is 6.04 Å². The van der Waals surface area contributed by atoms with E-state index in [1.807, 2.05) is 84.9 Å². The van der Waals surface area contributed by atoms with Crippen LogP contribution < -0.4 is 21.0 Å². The maximum Gasteiger partial charge on any atom is 0.258 e. The number of nitrogens with one attached hydrogen (secondary N) is 3. The van der Waals surface area contributed by atoms with Gasteiger partial charge in [0.05, 0.1) is 6.21 Å². The Hall–Kier alpha value is -4.20. The SMILES string of the molecule is O=C(N/N=C/c1c(O)ccc2ccccc12)C1CC(c2cccc(OCc3ccccc3)c2)NN1. The predicted octanol–water partition coefficient (Wildman–Crippen LogP) is 4.18. The Labute approximate surface area is 203 Å². The molecule has 2 unspecified atom stereocenters. The summed E-state index contributed by atoms with van der Waals surface area (Å²) < 4.78 is 5.93. The molecule has 35 heavy (non-hydrogen) atoms. The number of ether oxygens (including phenoxy) is 1. The molecule has 0 aromatic heterocycles. The van der Waals surface area contributed by atoms with Gasteiger partial charge in [0, 0.05) is 11.6 Å². The van der Waals surface area contributed by atoms with Gasteiger partial charge in [0.25, 0.3) is 5.91 Å². The van der Waals surface area contributed by atoms with Crippen molar-refractivity contribution < 1.29 is 14.6 Å². The number of hydrazine groups is 1. The van der Waals surface area contributed by atoms with Gasteiger partial charge in [0.1, 0.15) is 24.1 Å². The molecule has 1 aliphatic heterocycles. The first-order valence-electron chi connectivity index (χ1n) is 11.5. The lowest BCUT2D eigenvalue weighted by molar-refractivity contribution is -0.122. The van der Waals surface area contributed by atoms with E-state index >= 15 is 0 Å². The lowest BCUT2D eigenvalue weighted by Gasteiger charge is -2.12. The summed E-state index contributed by atoms with van der Waals surface area (Å²) in [5.74, 6) is 0.629. The summed E-state index contributed by atoms with van der Waals surface area (Å²) in [6.45, 7) is 0.496. The fraction of sp³-hybridized carbons (Fsp3) is 0.143. The van der Waals surface area contributed by atoms with Gasteiger partial charge in [-0.05, 0) is 46.5 Å². The van der Waals surface area contributed by atoms with E-state index in [0.717, 1.165) is 27.6 Å². The highest BCUT2D eigenvalue weighted by molar-refractivity contribution is 6.02. The van der Waals surface area contributed by atoms with Crippen LogP contribution in [0, 0.1) is 0 Å². The summed E-state index contributed by atoms with van der Waals surface area (Å²) in [4.78, 5) is 12.7. The van der Waals surface area contributed by atoms with Crippen molar-refractivity contribution in [3.8, 4) is 11.5 Å².